The first-order chi connectivity index (χ1) is 18.0. The minimum Gasteiger partial charge on any atom is -0.394 e. The monoisotopic (exact) mass is 548 g/mol. The zero-order chi connectivity index (χ0) is 28.3. The van der Waals surface area contributed by atoms with Crippen LogP contribution in [0.3, 0.4) is 0 Å². The molecule has 0 unspecified atom stereocenters. The molecule has 0 saturated heterocycles. The van der Waals surface area contributed by atoms with Crippen LogP contribution >= 0.6 is 7.82 Å². The minimum absolute atomic E-state index is 0.0258. The first-order valence-electron chi connectivity index (χ1n) is 11.6. The second kappa shape index (κ2) is 14.6. The van der Waals surface area contributed by atoms with E-state index in [0.717, 1.165) is 16.7 Å². The first kappa shape index (κ1) is 31.0. The molecule has 0 radical (unpaired) electrons. The van der Waals surface area contributed by atoms with E-state index in [1.807, 2.05) is 57.2 Å². The molecule has 0 amide bonds. The van der Waals surface area contributed by atoms with Crippen molar-refractivity contribution < 1.29 is 48.5 Å². The topological polar surface area (TPSA) is 163 Å². The normalized spacial score (nSPS) is 14.2. The van der Waals surface area contributed by atoms with Gasteiger partial charge in [-0.25, -0.2) is 0 Å². The van der Waals surface area contributed by atoms with Crippen LogP contribution in [0.1, 0.15) is 16.7 Å². The van der Waals surface area contributed by atoms with Gasteiger partial charge in [-0.2, -0.15) is 4.57 Å². The van der Waals surface area contributed by atoms with Gasteiger partial charge in [-0.3, -0.25) is 0 Å². The molecule has 0 spiro atoms. The Bertz CT molecular complexity index is 1040. The van der Waals surface area contributed by atoms with Crippen LogP contribution in [0.25, 0.3) is 0 Å². The van der Waals surface area contributed by atoms with Crippen LogP contribution in [0, 0.1) is 20.8 Å². The van der Waals surface area contributed by atoms with E-state index < -0.39 is 38.8 Å². The zero-order valence-electron chi connectivity index (χ0n) is 21.2. The Morgan fingerprint density at radius 2 is 0.974 bits per heavy atom. The summed E-state index contributed by atoms with van der Waals surface area (Å²) >= 11 is 0. The molecule has 0 aromatic heterocycles. The van der Waals surface area contributed by atoms with Gasteiger partial charge in [-0.05, 0) is 57.2 Å². The summed E-state index contributed by atoms with van der Waals surface area (Å²) in [5, 5.41) is 43.5. The van der Waals surface area contributed by atoms with E-state index in [0.29, 0.717) is 17.2 Å². The van der Waals surface area contributed by atoms with Gasteiger partial charge < -0.3 is 43.9 Å². The number of aryl methyl sites for hydroxylation is 3. The summed E-state index contributed by atoms with van der Waals surface area (Å²) in [5.74, 6) is 1.24. The Morgan fingerprint density at radius 1 is 0.658 bits per heavy atom. The fraction of sp³-hybridized carbons (Fsp3) is 0.296. The average molecular weight is 549 g/mol. The quantitative estimate of drug-likeness (QED) is 0.178. The number of aliphatic hydroxyl groups is 5. The van der Waals surface area contributed by atoms with Crippen LogP contribution < -0.4 is 13.6 Å². The third-order valence-electron chi connectivity index (χ3n) is 5.14. The largest absolute Gasteiger partial charge is 0.647 e. The molecule has 0 aliphatic heterocycles. The van der Waals surface area contributed by atoms with Crippen molar-refractivity contribution in [3.63, 3.8) is 0 Å². The molecule has 3 rings (SSSR count). The third-order valence-corrected chi connectivity index (χ3v) is 6.44. The van der Waals surface area contributed by atoms with Crippen LogP contribution in [0.2, 0.25) is 0 Å². The molecule has 5 N–H and O–H groups in total. The van der Waals surface area contributed by atoms with Gasteiger partial charge in [0.2, 0.25) is 0 Å². The predicted molar refractivity (Wildman–Crippen MR) is 140 cm³/mol. The van der Waals surface area contributed by atoms with E-state index >= 15 is 0 Å². The Labute approximate surface area is 221 Å². The van der Waals surface area contributed by atoms with E-state index in [9.17, 15) is 9.36 Å². The van der Waals surface area contributed by atoms with Gasteiger partial charge in [-0.1, -0.05) is 53.1 Å². The number of phosphoric acid groups is 1. The molecule has 206 valence electrons. The lowest BCUT2D eigenvalue weighted by molar-refractivity contribution is -0.136. The Morgan fingerprint density at radius 3 is 1.24 bits per heavy atom. The molecule has 3 aromatic rings. The molecule has 0 bridgehead atoms. The number of aldehydes is 1. The summed E-state index contributed by atoms with van der Waals surface area (Å²) in [7, 11) is -3.93. The molecule has 0 aliphatic rings. The van der Waals surface area contributed by atoms with Gasteiger partial charge in [0.25, 0.3) is 0 Å². The van der Waals surface area contributed by atoms with Gasteiger partial charge in [0, 0.05) is 0 Å². The van der Waals surface area contributed by atoms with Crippen molar-refractivity contribution in [3.8, 4) is 17.2 Å². The second-order valence-electron chi connectivity index (χ2n) is 8.52. The summed E-state index contributed by atoms with van der Waals surface area (Å²) in [4.78, 5) is 9.90. The smallest absolute Gasteiger partial charge is 0.394 e. The van der Waals surface area contributed by atoms with Crippen LogP contribution in [-0.2, 0) is 9.36 Å². The molecule has 0 fully saturated rings. The first-order valence-corrected chi connectivity index (χ1v) is 13.1. The highest BCUT2D eigenvalue weighted by atomic mass is 31.2. The molecule has 3 aromatic carbocycles. The number of carbonyl (C=O) groups is 1. The number of aliphatic hydroxyl groups excluding tert-OH is 5. The lowest BCUT2D eigenvalue weighted by Crippen LogP contribution is -2.46. The molecule has 11 heteroatoms. The predicted octanol–water partition coefficient (Wildman–Crippen LogP) is 2.88. The Hall–Kier alpha value is -3.24. The van der Waals surface area contributed by atoms with Crippen molar-refractivity contribution in [1.82, 2.24) is 0 Å². The number of carbonyl (C=O) groups excluding carboxylic acids is 1. The fourth-order valence-electron chi connectivity index (χ4n) is 2.86. The van der Waals surface area contributed by atoms with E-state index in [2.05, 4.69) is 0 Å². The van der Waals surface area contributed by atoms with E-state index in [4.69, 9.17) is 39.1 Å². The maximum Gasteiger partial charge on any atom is 0.647 e. The fourth-order valence-corrected chi connectivity index (χ4v) is 4.11. The SMILES string of the molecule is Cc1ccc(OP(=O)(Oc2ccc(C)cc2)Oc2ccc(C)cc2)cc1.O=C[C@H](O)[C@@H](O)[C@H](O)[C@H](O)CO. The number of rotatable bonds is 11. The summed E-state index contributed by atoms with van der Waals surface area (Å²) in [5.41, 5.74) is 3.23. The number of hydrogen-bond donors (Lipinski definition) is 5. The van der Waals surface area contributed by atoms with Gasteiger partial charge in [0.1, 0.15) is 41.7 Å². The van der Waals surface area contributed by atoms with Crippen molar-refractivity contribution in [2.45, 2.75) is 45.2 Å². The van der Waals surface area contributed by atoms with Crippen LogP contribution in [-0.4, -0.2) is 62.8 Å². The summed E-state index contributed by atoms with van der Waals surface area (Å²) in [6.45, 7) is 5.14. The van der Waals surface area contributed by atoms with Crippen molar-refractivity contribution in [2.75, 3.05) is 6.61 Å². The Kier molecular flexibility index (Phi) is 11.9. The van der Waals surface area contributed by atoms with E-state index in [-0.39, 0.29) is 6.29 Å². The lowest BCUT2D eigenvalue weighted by atomic mass is 10.0. The standard InChI is InChI=1S/C21H21O4P.C6H12O6/c1-16-4-10-19(11-5-16)23-26(22,24-20-12-6-17(2)7-13-20)25-21-14-8-18(3)9-15-21;7-1-3(9)5(11)6(12)4(10)2-8/h4-15H,1-3H3;1,3-6,8-12H,2H2/t;3-,4+,5+,6+/m.0/s1. The Balaban J connectivity index is 0.000000358. The maximum atomic E-state index is 13.3. The number of benzene rings is 3. The second-order valence-corrected chi connectivity index (χ2v) is 9.96. The van der Waals surface area contributed by atoms with Crippen molar-refractivity contribution in [2.24, 2.45) is 0 Å². The minimum atomic E-state index is -3.93. The van der Waals surface area contributed by atoms with Crippen molar-refractivity contribution >= 4 is 14.1 Å². The van der Waals surface area contributed by atoms with Crippen molar-refractivity contribution in [3.05, 3.63) is 89.5 Å². The molecule has 38 heavy (non-hydrogen) atoms. The summed E-state index contributed by atoms with van der Waals surface area (Å²) < 4.78 is 30.2. The third kappa shape index (κ3) is 9.90. The van der Waals surface area contributed by atoms with Crippen LogP contribution in [0.5, 0.6) is 17.2 Å². The molecular weight excluding hydrogens is 515 g/mol. The molecular formula is C27H33O10P. The van der Waals surface area contributed by atoms with Gasteiger partial charge in [0.15, 0.2) is 6.29 Å². The van der Waals surface area contributed by atoms with Gasteiger partial charge in [-0.15, -0.1) is 0 Å². The molecule has 0 heterocycles. The zero-order valence-corrected chi connectivity index (χ0v) is 22.1. The number of phosphoric ester groups is 1. The van der Waals surface area contributed by atoms with Gasteiger partial charge in [0.05, 0.1) is 6.61 Å². The molecule has 0 saturated carbocycles. The highest BCUT2D eigenvalue weighted by Gasteiger charge is 2.33. The highest BCUT2D eigenvalue weighted by Crippen LogP contribution is 2.49. The van der Waals surface area contributed by atoms with Crippen molar-refractivity contribution in [1.29, 1.82) is 0 Å². The average Bonchev–Trinajstić information content (AvgIpc) is 2.91. The summed E-state index contributed by atoms with van der Waals surface area (Å²) in [6, 6.07) is 21.6. The van der Waals surface area contributed by atoms with Crippen LogP contribution in [0.15, 0.2) is 72.8 Å². The maximum absolute atomic E-state index is 13.3. The molecule has 10 nitrogen and oxygen atoms in total. The summed E-state index contributed by atoms with van der Waals surface area (Å²) in [6.07, 6.45) is -6.84. The highest BCUT2D eigenvalue weighted by molar-refractivity contribution is 7.49. The lowest BCUT2D eigenvalue weighted by Gasteiger charge is -2.22. The van der Waals surface area contributed by atoms with E-state index in [1.165, 1.54) is 0 Å². The van der Waals surface area contributed by atoms with Gasteiger partial charge >= 0.3 is 7.82 Å². The number of hydrogen-bond acceptors (Lipinski definition) is 10. The molecule has 4 atom stereocenters. The molecule has 0 aliphatic carbocycles. The van der Waals surface area contributed by atoms with Crippen LogP contribution in [0.4, 0.5) is 0 Å². The van der Waals surface area contributed by atoms with E-state index in [1.54, 1.807) is 36.4 Å².